The van der Waals surface area contributed by atoms with Gasteiger partial charge < -0.3 is 15.3 Å². The molecule has 2 aromatic carbocycles. The van der Waals surface area contributed by atoms with Crippen LogP contribution in [0.4, 0.5) is 13.2 Å². The van der Waals surface area contributed by atoms with Gasteiger partial charge in [-0.1, -0.05) is 60.7 Å². The van der Waals surface area contributed by atoms with Crippen molar-refractivity contribution in [2.24, 2.45) is 0 Å². The minimum atomic E-state index is -5.08. The minimum Gasteiger partial charge on any atom is -0.475 e. The summed E-state index contributed by atoms with van der Waals surface area (Å²) < 4.78 is 33.7. The maximum Gasteiger partial charge on any atom is 0.490 e. The lowest BCUT2D eigenvalue weighted by molar-refractivity contribution is -0.702. The summed E-state index contributed by atoms with van der Waals surface area (Å²) in [4.78, 5) is 8.90. The number of aromatic nitrogens is 1. The number of carboxylic acids is 1. The number of aliphatic hydroxyl groups excluding tert-OH is 2. The monoisotopic (exact) mass is 420 g/mol. The van der Waals surface area contributed by atoms with Crippen LogP contribution in [-0.2, 0) is 11.3 Å². The Kier molecular flexibility index (Phi) is 8.08. The van der Waals surface area contributed by atoms with Gasteiger partial charge in [0.05, 0.1) is 6.61 Å². The highest BCUT2D eigenvalue weighted by molar-refractivity contribution is 5.73. The van der Waals surface area contributed by atoms with E-state index in [4.69, 9.17) is 15.0 Å². The van der Waals surface area contributed by atoms with E-state index in [0.29, 0.717) is 6.54 Å². The molecule has 0 aliphatic carbocycles. The second-order valence-electron chi connectivity index (χ2n) is 6.38. The zero-order chi connectivity index (χ0) is 22.1. The number of rotatable bonds is 5. The molecule has 1 unspecified atom stereocenters. The molecule has 5 nitrogen and oxygen atoms in total. The fourth-order valence-electron chi connectivity index (χ4n) is 2.62. The van der Waals surface area contributed by atoms with Gasteiger partial charge in [0.1, 0.15) is 6.10 Å². The molecule has 3 rings (SSSR count). The standard InChI is InChI=1S/C20H20NO2.C2HF3O2/c22-15-20(23)14-21-12-18(16-7-3-1-4-8-16)11-19(13-21)17-9-5-2-6-10-17;3-2(4,5)1(6)7/h1-13,20,22-23H,14-15H2;(H,6,7)/q+1;. The van der Waals surface area contributed by atoms with Crippen molar-refractivity contribution in [3.8, 4) is 22.3 Å². The summed E-state index contributed by atoms with van der Waals surface area (Å²) >= 11 is 0. The van der Waals surface area contributed by atoms with Crippen molar-refractivity contribution < 1.29 is 37.9 Å². The Bertz CT molecular complexity index is 890. The van der Waals surface area contributed by atoms with E-state index in [9.17, 15) is 18.3 Å². The normalized spacial score (nSPS) is 11.9. The van der Waals surface area contributed by atoms with Crippen LogP contribution >= 0.6 is 0 Å². The Morgan fingerprint density at radius 1 is 0.867 bits per heavy atom. The van der Waals surface area contributed by atoms with Gasteiger partial charge in [-0.05, 0) is 17.2 Å². The molecule has 0 fully saturated rings. The van der Waals surface area contributed by atoms with Gasteiger partial charge in [-0.3, -0.25) is 0 Å². The summed E-state index contributed by atoms with van der Waals surface area (Å²) in [7, 11) is 0. The van der Waals surface area contributed by atoms with Crippen molar-refractivity contribution in [3.63, 3.8) is 0 Å². The Labute approximate surface area is 171 Å². The average molecular weight is 420 g/mol. The van der Waals surface area contributed by atoms with Gasteiger partial charge in [-0.2, -0.15) is 13.2 Å². The van der Waals surface area contributed by atoms with E-state index in [1.54, 1.807) is 0 Å². The highest BCUT2D eigenvalue weighted by atomic mass is 19.4. The smallest absolute Gasteiger partial charge is 0.475 e. The van der Waals surface area contributed by atoms with Crippen LogP contribution in [0.15, 0.2) is 79.1 Å². The average Bonchev–Trinajstić information content (AvgIpc) is 2.74. The number of pyridine rings is 1. The Morgan fingerprint density at radius 3 is 1.60 bits per heavy atom. The van der Waals surface area contributed by atoms with E-state index in [0.717, 1.165) is 22.3 Å². The number of halogens is 3. The van der Waals surface area contributed by atoms with Crippen LogP contribution in [0.1, 0.15) is 0 Å². The molecular formula is C22H21F3NO4+. The molecule has 0 radical (unpaired) electrons. The number of carbonyl (C=O) groups is 1. The highest BCUT2D eigenvalue weighted by Crippen LogP contribution is 2.24. The van der Waals surface area contributed by atoms with Crippen molar-refractivity contribution in [1.82, 2.24) is 0 Å². The first-order chi connectivity index (χ1) is 14.2. The van der Waals surface area contributed by atoms with E-state index in [1.165, 1.54) is 0 Å². The van der Waals surface area contributed by atoms with Crippen LogP contribution in [0.25, 0.3) is 22.3 Å². The summed E-state index contributed by atoms with van der Waals surface area (Å²) in [6.45, 7) is 0.111. The third-order valence-electron chi connectivity index (χ3n) is 4.01. The molecule has 0 spiro atoms. The van der Waals surface area contributed by atoms with Gasteiger partial charge in [0.2, 0.25) is 0 Å². The molecule has 30 heavy (non-hydrogen) atoms. The number of carboxylic acid groups (broad SMARTS) is 1. The topological polar surface area (TPSA) is 81.6 Å². The van der Waals surface area contributed by atoms with Crippen molar-refractivity contribution in [1.29, 1.82) is 0 Å². The number of hydrogen-bond donors (Lipinski definition) is 3. The van der Waals surface area contributed by atoms with Crippen LogP contribution in [0.2, 0.25) is 0 Å². The third kappa shape index (κ3) is 6.98. The molecule has 0 aliphatic heterocycles. The van der Waals surface area contributed by atoms with Gasteiger partial charge in [-0.25, -0.2) is 9.36 Å². The largest absolute Gasteiger partial charge is 0.490 e. The Morgan fingerprint density at radius 2 is 1.27 bits per heavy atom. The number of aliphatic carboxylic acids is 1. The van der Waals surface area contributed by atoms with E-state index in [-0.39, 0.29) is 6.61 Å². The molecule has 0 saturated heterocycles. The van der Waals surface area contributed by atoms with Crippen LogP contribution in [-0.4, -0.2) is 40.2 Å². The van der Waals surface area contributed by atoms with Crippen molar-refractivity contribution in [2.45, 2.75) is 18.8 Å². The maximum atomic E-state index is 10.6. The predicted molar refractivity (Wildman–Crippen MR) is 104 cm³/mol. The van der Waals surface area contributed by atoms with Crippen LogP contribution in [0.5, 0.6) is 0 Å². The molecular weight excluding hydrogens is 399 g/mol. The Hall–Kier alpha value is -3.23. The molecule has 158 valence electrons. The molecule has 3 N–H and O–H groups in total. The maximum absolute atomic E-state index is 10.6. The first-order valence-corrected chi connectivity index (χ1v) is 8.94. The zero-order valence-electron chi connectivity index (χ0n) is 15.8. The van der Waals surface area contributed by atoms with Gasteiger partial charge in [-0.15, -0.1) is 0 Å². The second-order valence-corrected chi connectivity index (χ2v) is 6.38. The minimum absolute atomic E-state index is 0.247. The van der Waals surface area contributed by atoms with Crippen molar-refractivity contribution >= 4 is 5.97 Å². The van der Waals surface area contributed by atoms with Gasteiger partial charge in [0, 0.05) is 11.1 Å². The Balaban J connectivity index is 0.000000396. The lowest BCUT2D eigenvalue weighted by atomic mass is 10.0. The van der Waals surface area contributed by atoms with Gasteiger partial charge in [0.25, 0.3) is 0 Å². The van der Waals surface area contributed by atoms with Crippen molar-refractivity contribution in [2.75, 3.05) is 6.61 Å². The lowest BCUT2D eigenvalue weighted by Crippen LogP contribution is -2.41. The molecule has 8 heteroatoms. The lowest BCUT2D eigenvalue weighted by Gasteiger charge is -2.08. The summed E-state index contributed by atoms with van der Waals surface area (Å²) in [6, 6.07) is 22.4. The molecule has 0 amide bonds. The van der Waals surface area contributed by atoms with Crippen molar-refractivity contribution in [3.05, 3.63) is 79.1 Å². The predicted octanol–water partition coefficient (Wildman–Crippen LogP) is 3.29. The summed E-state index contributed by atoms with van der Waals surface area (Å²) in [5, 5.41) is 26.0. The first kappa shape index (κ1) is 23.1. The number of aliphatic hydroxyl groups is 2. The van der Waals surface area contributed by atoms with Crippen LogP contribution < -0.4 is 4.57 Å². The molecule has 1 atom stereocenters. The fraction of sp³-hybridized carbons (Fsp3) is 0.182. The van der Waals surface area contributed by atoms with Gasteiger partial charge >= 0.3 is 12.1 Å². The molecule has 1 heterocycles. The van der Waals surface area contributed by atoms with E-state index < -0.39 is 18.2 Å². The summed E-state index contributed by atoms with van der Waals surface area (Å²) in [5.41, 5.74) is 4.41. The number of benzene rings is 2. The number of hydrogen-bond acceptors (Lipinski definition) is 3. The number of alkyl halides is 3. The van der Waals surface area contributed by atoms with Gasteiger partial charge in [0.15, 0.2) is 18.9 Å². The zero-order valence-corrected chi connectivity index (χ0v) is 15.8. The quantitative estimate of drug-likeness (QED) is 0.554. The molecule has 3 aromatic rings. The van der Waals surface area contributed by atoms with E-state index in [1.807, 2.05) is 53.4 Å². The summed E-state index contributed by atoms with van der Waals surface area (Å²) in [5.74, 6) is -2.76. The SMILES string of the molecule is O=C(O)C(F)(F)F.OCC(O)C[n+]1cc(-c2ccccc2)cc(-c2ccccc2)c1. The second kappa shape index (κ2) is 10.5. The highest BCUT2D eigenvalue weighted by Gasteiger charge is 2.38. The molecule has 1 aromatic heterocycles. The molecule has 0 bridgehead atoms. The van der Waals surface area contributed by atoms with Crippen LogP contribution in [0, 0.1) is 0 Å². The first-order valence-electron chi connectivity index (χ1n) is 8.94. The van der Waals surface area contributed by atoms with Crippen LogP contribution in [0.3, 0.4) is 0 Å². The van der Waals surface area contributed by atoms with E-state index in [2.05, 4.69) is 30.3 Å². The fourth-order valence-corrected chi connectivity index (χ4v) is 2.62. The number of nitrogens with zero attached hydrogens (tertiary/aromatic N) is 1. The molecule has 0 aliphatic rings. The summed E-state index contributed by atoms with van der Waals surface area (Å²) in [6.07, 6.45) is -1.85. The third-order valence-corrected chi connectivity index (χ3v) is 4.01. The van der Waals surface area contributed by atoms with E-state index >= 15 is 0 Å². The molecule has 0 saturated carbocycles.